The van der Waals surface area contributed by atoms with Gasteiger partial charge in [0, 0.05) is 23.6 Å². The standard InChI is InChI=1S/C16H26N2O2S/c1-16(2,3)17-10-15(19)18(11-13-6-4-8-20-13)12-14-7-5-9-21-14/h5,7,9,13,17H,4,6,8,10-12H2,1-3H3. The van der Waals surface area contributed by atoms with Crippen molar-refractivity contribution >= 4 is 17.2 Å². The van der Waals surface area contributed by atoms with Gasteiger partial charge < -0.3 is 15.0 Å². The quantitative estimate of drug-likeness (QED) is 0.878. The van der Waals surface area contributed by atoms with E-state index in [1.165, 1.54) is 4.88 Å². The number of rotatable bonds is 6. The largest absolute Gasteiger partial charge is 0.376 e. The zero-order valence-corrected chi connectivity index (χ0v) is 14.0. The Labute approximate surface area is 131 Å². The molecule has 1 aliphatic heterocycles. The van der Waals surface area contributed by atoms with Crippen LogP contribution in [0.4, 0.5) is 0 Å². The Morgan fingerprint density at radius 1 is 1.52 bits per heavy atom. The molecule has 0 radical (unpaired) electrons. The molecule has 118 valence electrons. The van der Waals surface area contributed by atoms with Crippen LogP contribution in [0.3, 0.4) is 0 Å². The first-order valence-corrected chi connectivity index (χ1v) is 8.49. The molecular weight excluding hydrogens is 284 g/mol. The van der Waals surface area contributed by atoms with Gasteiger partial charge in [0.1, 0.15) is 0 Å². The maximum absolute atomic E-state index is 12.5. The van der Waals surface area contributed by atoms with Gasteiger partial charge in [0.15, 0.2) is 0 Å². The second kappa shape index (κ2) is 7.38. The number of nitrogens with one attached hydrogen (secondary N) is 1. The van der Waals surface area contributed by atoms with Crippen LogP contribution in [0.2, 0.25) is 0 Å². The van der Waals surface area contributed by atoms with Crippen LogP contribution < -0.4 is 5.32 Å². The van der Waals surface area contributed by atoms with Crippen LogP contribution in [-0.4, -0.2) is 42.1 Å². The number of carbonyl (C=O) groups excluding carboxylic acids is 1. The number of carbonyl (C=O) groups is 1. The van der Waals surface area contributed by atoms with Crippen molar-refractivity contribution in [1.29, 1.82) is 0 Å². The van der Waals surface area contributed by atoms with Crippen molar-refractivity contribution in [2.45, 2.75) is 51.8 Å². The molecule has 1 aromatic heterocycles. The van der Waals surface area contributed by atoms with Crippen molar-refractivity contribution in [2.24, 2.45) is 0 Å². The molecule has 1 aliphatic rings. The molecular formula is C16H26N2O2S. The number of hydrogen-bond acceptors (Lipinski definition) is 4. The molecule has 21 heavy (non-hydrogen) atoms. The van der Waals surface area contributed by atoms with Gasteiger partial charge in [-0.05, 0) is 45.1 Å². The van der Waals surface area contributed by atoms with E-state index in [0.717, 1.165) is 19.4 Å². The molecule has 4 nitrogen and oxygen atoms in total. The highest BCUT2D eigenvalue weighted by Crippen LogP contribution is 2.17. The molecule has 2 heterocycles. The highest BCUT2D eigenvalue weighted by atomic mass is 32.1. The molecule has 0 bridgehead atoms. The van der Waals surface area contributed by atoms with Crippen LogP contribution in [-0.2, 0) is 16.1 Å². The molecule has 1 amide bonds. The Balaban J connectivity index is 1.94. The zero-order valence-electron chi connectivity index (χ0n) is 13.2. The third-order valence-electron chi connectivity index (χ3n) is 3.50. The summed E-state index contributed by atoms with van der Waals surface area (Å²) >= 11 is 1.70. The van der Waals surface area contributed by atoms with E-state index in [1.807, 2.05) is 11.0 Å². The third kappa shape index (κ3) is 5.77. The first kappa shape index (κ1) is 16.5. The van der Waals surface area contributed by atoms with Crippen molar-refractivity contribution in [3.05, 3.63) is 22.4 Å². The molecule has 0 saturated carbocycles. The molecule has 1 aromatic rings. The van der Waals surface area contributed by atoms with Gasteiger partial charge in [0.25, 0.3) is 0 Å². The van der Waals surface area contributed by atoms with Crippen LogP contribution in [0.25, 0.3) is 0 Å². The molecule has 2 rings (SSSR count). The fraction of sp³-hybridized carbons (Fsp3) is 0.688. The molecule has 0 spiro atoms. The summed E-state index contributed by atoms with van der Waals surface area (Å²) in [5, 5.41) is 5.33. The Kier molecular flexibility index (Phi) is 5.79. The highest BCUT2D eigenvalue weighted by Gasteiger charge is 2.23. The lowest BCUT2D eigenvalue weighted by molar-refractivity contribution is -0.132. The van der Waals surface area contributed by atoms with Gasteiger partial charge in [-0.3, -0.25) is 4.79 Å². The van der Waals surface area contributed by atoms with Crippen LogP contribution in [0.15, 0.2) is 17.5 Å². The lowest BCUT2D eigenvalue weighted by Gasteiger charge is -2.27. The van der Waals surface area contributed by atoms with Gasteiger partial charge in [0.2, 0.25) is 5.91 Å². The van der Waals surface area contributed by atoms with Crippen molar-refractivity contribution < 1.29 is 9.53 Å². The second-order valence-electron chi connectivity index (χ2n) is 6.59. The first-order valence-electron chi connectivity index (χ1n) is 7.61. The Hall–Kier alpha value is -0.910. The van der Waals surface area contributed by atoms with Gasteiger partial charge >= 0.3 is 0 Å². The Morgan fingerprint density at radius 2 is 2.33 bits per heavy atom. The van der Waals surface area contributed by atoms with E-state index >= 15 is 0 Å². The number of thiophene rings is 1. The first-order chi connectivity index (χ1) is 9.94. The summed E-state index contributed by atoms with van der Waals surface area (Å²) in [6.07, 6.45) is 2.36. The number of hydrogen-bond donors (Lipinski definition) is 1. The Bertz CT molecular complexity index is 434. The summed E-state index contributed by atoms with van der Waals surface area (Å²) in [6, 6.07) is 4.11. The zero-order chi connectivity index (χ0) is 15.3. The molecule has 0 aromatic carbocycles. The van der Waals surface area contributed by atoms with Crippen molar-refractivity contribution in [1.82, 2.24) is 10.2 Å². The van der Waals surface area contributed by atoms with Crippen LogP contribution in [0.1, 0.15) is 38.5 Å². The summed E-state index contributed by atoms with van der Waals surface area (Å²) in [5.74, 6) is 0.147. The molecule has 1 atom stereocenters. The van der Waals surface area contributed by atoms with Crippen molar-refractivity contribution in [3.63, 3.8) is 0 Å². The number of amides is 1. The van der Waals surface area contributed by atoms with Crippen LogP contribution in [0, 0.1) is 0 Å². The minimum atomic E-state index is -0.0475. The van der Waals surface area contributed by atoms with E-state index in [-0.39, 0.29) is 17.6 Å². The highest BCUT2D eigenvalue weighted by molar-refractivity contribution is 7.09. The SMILES string of the molecule is CC(C)(C)NCC(=O)N(Cc1cccs1)CC1CCCO1. The van der Waals surface area contributed by atoms with Gasteiger partial charge in [-0.2, -0.15) is 0 Å². The van der Waals surface area contributed by atoms with E-state index in [0.29, 0.717) is 19.6 Å². The van der Waals surface area contributed by atoms with E-state index < -0.39 is 0 Å². The summed E-state index contributed by atoms with van der Waals surface area (Å²) in [5.41, 5.74) is -0.0475. The van der Waals surface area contributed by atoms with E-state index in [4.69, 9.17) is 4.74 Å². The Morgan fingerprint density at radius 3 is 2.90 bits per heavy atom. The fourth-order valence-corrected chi connectivity index (χ4v) is 3.05. The number of ether oxygens (including phenoxy) is 1. The average Bonchev–Trinajstić information content (AvgIpc) is 3.07. The summed E-state index contributed by atoms with van der Waals surface area (Å²) in [6.45, 7) is 8.80. The van der Waals surface area contributed by atoms with Gasteiger partial charge in [0.05, 0.1) is 19.2 Å². The third-order valence-corrected chi connectivity index (χ3v) is 4.36. The summed E-state index contributed by atoms with van der Waals surface area (Å²) in [7, 11) is 0. The maximum Gasteiger partial charge on any atom is 0.236 e. The molecule has 1 fully saturated rings. The minimum Gasteiger partial charge on any atom is -0.376 e. The lowest BCUT2D eigenvalue weighted by Crippen LogP contribution is -2.46. The molecule has 1 unspecified atom stereocenters. The monoisotopic (exact) mass is 310 g/mol. The molecule has 1 saturated heterocycles. The van der Waals surface area contributed by atoms with E-state index in [2.05, 4.69) is 37.5 Å². The van der Waals surface area contributed by atoms with Crippen molar-refractivity contribution in [3.8, 4) is 0 Å². The predicted octanol–water partition coefficient (Wildman–Crippen LogP) is 2.64. The molecule has 0 aliphatic carbocycles. The lowest BCUT2D eigenvalue weighted by atomic mass is 10.1. The van der Waals surface area contributed by atoms with Crippen LogP contribution in [0.5, 0.6) is 0 Å². The molecule has 1 N–H and O–H groups in total. The van der Waals surface area contributed by atoms with Crippen LogP contribution >= 0.6 is 11.3 Å². The molecule has 5 heteroatoms. The maximum atomic E-state index is 12.5. The van der Waals surface area contributed by atoms with Gasteiger partial charge in [-0.1, -0.05) is 6.07 Å². The average molecular weight is 310 g/mol. The summed E-state index contributed by atoms with van der Waals surface area (Å²) < 4.78 is 5.69. The normalized spacial score (nSPS) is 18.9. The topological polar surface area (TPSA) is 41.6 Å². The predicted molar refractivity (Wildman–Crippen MR) is 86.5 cm³/mol. The minimum absolute atomic E-state index is 0.0475. The summed E-state index contributed by atoms with van der Waals surface area (Å²) in [4.78, 5) is 15.7. The van der Waals surface area contributed by atoms with E-state index in [9.17, 15) is 4.79 Å². The second-order valence-corrected chi connectivity index (χ2v) is 7.62. The number of nitrogens with zero attached hydrogens (tertiary/aromatic N) is 1. The van der Waals surface area contributed by atoms with Gasteiger partial charge in [-0.15, -0.1) is 11.3 Å². The van der Waals surface area contributed by atoms with Crippen molar-refractivity contribution in [2.75, 3.05) is 19.7 Å². The smallest absolute Gasteiger partial charge is 0.236 e. The van der Waals surface area contributed by atoms with E-state index in [1.54, 1.807) is 11.3 Å². The fourth-order valence-electron chi connectivity index (χ4n) is 2.33. The van der Waals surface area contributed by atoms with Gasteiger partial charge in [-0.25, -0.2) is 0 Å².